The van der Waals surface area contributed by atoms with Crippen LogP contribution in [0.4, 0.5) is 10.5 Å². The summed E-state index contributed by atoms with van der Waals surface area (Å²) in [5.41, 5.74) is 6.34. The summed E-state index contributed by atoms with van der Waals surface area (Å²) in [6.07, 6.45) is 11.6. The number of likely N-dealkylation sites (N-methyl/N-ethyl adjacent to an activating group) is 1. The molecule has 8 nitrogen and oxygen atoms in total. The summed E-state index contributed by atoms with van der Waals surface area (Å²) in [5.74, 6) is 0.344. The zero-order chi connectivity index (χ0) is 27.7. The first-order chi connectivity index (χ1) is 17.9. The van der Waals surface area contributed by atoms with Crippen LogP contribution >= 0.6 is 12.2 Å². The molecule has 0 saturated heterocycles. The Morgan fingerprint density at radius 2 is 1.92 bits per heavy atom. The van der Waals surface area contributed by atoms with E-state index in [9.17, 15) is 9.59 Å². The number of benzene rings is 1. The number of nitrogens with zero attached hydrogens (tertiary/aromatic N) is 3. The second-order valence-corrected chi connectivity index (χ2v) is 11.7. The summed E-state index contributed by atoms with van der Waals surface area (Å²) in [6.45, 7) is 7.01. The maximum absolute atomic E-state index is 13.7. The molecule has 0 spiro atoms. The largest absolute Gasteiger partial charge is 0.459 e. The maximum Gasteiger partial charge on any atom is 0.415 e. The Morgan fingerprint density at radius 1 is 1.21 bits per heavy atom. The van der Waals surface area contributed by atoms with Gasteiger partial charge in [-0.2, -0.15) is 4.99 Å². The number of aliphatic imine (C=N–C) groups is 1. The van der Waals surface area contributed by atoms with Crippen LogP contribution in [0.3, 0.4) is 0 Å². The molecule has 1 aliphatic carbocycles. The van der Waals surface area contributed by atoms with Gasteiger partial charge in [0.25, 0.3) is 0 Å². The summed E-state index contributed by atoms with van der Waals surface area (Å²) in [5, 5.41) is 0. The van der Waals surface area contributed by atoms with Gasteiger partial charge in [-0.1, -0.05) is 36.8 Å². The van der Waals surface area contributed by atoms with Crippen LogP contribution in [0.25, 0.3) is 0 Å². The summed E-state index contributed by atoms with van der Waals surface area (Å²) in [6, 6.07) is 8.03. The molecule has 2 aliphatic heterocycles. The quantitative estimate of drug-likeness (QED) is 0.298. The number of allylic oxidation sites excluding steroid dienone is 1. The normalized spacial score (nSPS) is 27.0. The molecule has 1 aromatic rings. The Hall–Kier alpha value is -3.30. The molecule has 202 valence electrons. The Bertz CT molecular complexity index is 1230. The molecule has 2 N–H and O–H groups in total. The van der Waals surface area contributed by atoms with Crippen LogP contribution in [0, 0.1) is 5.41 Å². The number of carbonyl (C=O) groups excluding carboxylic acids is 2. The van der Waals surface area contributed by atoms with Gasteiger partial charge in [-0.05, 0) is 65.2 Å². The van der Waals surface area contributed by atoms with Crippen molar-refractivity contribution in [2.75, 3.05) is 11.9 Å². The minimum Gasteiger partial charge on any atom is -0.459 e. The number of ether oxygens (including phenoxy) is 2. The van der Waals surface area contributed by atoms with Crippen molar-refractivity contribution in [2.45, 2.75) is 71.1 Å². The van der Waals surface area contributed by atoms with E-state index >= 15 is 0 Å². The Labute approximate surface area is 230 Å². The molecule has 1 fully saturated rings. The van der Waals surface area contributed by atoms with E-state index in [1.54, 1.807) is 58.2 Å². The number of hydrogen-bond acceptors (Lipinski definition) is 6. The van der Waals surface area contributed by atoms with Gasteiger partial charge in [0.15, 0.2) is 0 Å². The van der Waals surface area contributed by atoms with Crippen LogP contribution in [0.15, 0.2) is 71.6 Å². The highest BCUT2D eigenvalue weighted by Crippen LogP contribution is 2.47. The number of nitrogens with two attached hydrogens (primary N) is 1. The summed E-state index contributed by atoms with van der Waals surface area (Å²) in [4.78, 5) is 33.0. The first kappa shape index (κ1) is 27.7. The Kier molecular flexibility index (Phi) is 7.63. The Balaban J connectivity index is 1.65. The zero-order valence-corrected chi connectivity index (χ0v) is 23.5. The number of amidine groups is 1. The fraction of sp³-hybridized carbons (Fsp3) is 0.448. The minimum absolute atomic E-state index is 0.292. The third kappa shape index (κ3) is 5.31. The van der Waals surface area contributed by atoms with Crippen LogP contribution in [0.5, 0.6) is 0 Å². The van der Waals surface area contributed by atoms with E-state index in [1.807, 2.05) is 31.5 Å². The van der Waals surface area contributed by atoms with Gasteiger partial charge >= 0.3 is 12.1 Å². The third-order valence-electron chi connectivity index (χ3n) is 7.30. The van der Waals surface area contributed by atoms with Crippen molar-refractivity contribution in [1.29, 1.82) is 0 Å². The molecule has 1 amide bonds. The number of amides is 1. The lowest BCUT2D eigenvalue weighted by Gasteiger charge is -2.45. The lowest BCUT2D eigenvalue weighted by Crippen LogP contribution is -2.54. The number of rotatable bonds is 6. The van der Waals surface area contributed by atoms with E-state index in [0.29, 0.717) is 28.0 Å². The predicted octanol–water partition coefficient (Wildman–Crippen LogP) is 5.36. The fourth-order valence-electron chi connectivity index (χ4n) is 5.31. The molecule has 4 rings (SSSR count). The van der Waals surface area contributed by atoms with E-state index in [1.165, 1.54) is 4.90 Å². The van der Waals surface area contributed by atoms with E-state index in [4.69, 9.17) is 27.4 Å². The van der Waals surface area contributed by atoms with Gasteiger partial charge in [-0.15, -0.1) is 0 Å². The smallest absolute Gasteiger partial charge is 0.415 e. The fourth-order valence-corrected chi connectivity index (χ4v) is 5.66. The van der Waals surface area contributed by atoms with Crippen molar-refractivity contribution in [1.82, 2.24) is 0 Å². The van der Waals surface area contributed by atoms with Crippen molar-refractivity contribution in [3.8, 4) is 0 Å². The highest BCUT2D eigenvalue weighted by molar-refractivity contribution is 7.80. The maximum atomic E-state index is 13.7. The molecule has 1 aromatic carbocycles. The molecule has 1 saturated carbocycles. The van der Waals surface area contributed by atoms with Crippen molar-refractivity contribution in [2.24, 2.45) is 16.1 Å². The number of quaternary nitrogens is 1. The topological polar surface area (TPSA) is 94.2 Å². The predicted molar refractivity (Wildman–Crippen MR) is 152 cm³/mol. The first-order valence-corrected chi connectivity index (χ1v) is 13.4. The minimum atomic E-state index is -0.945. The van der Waals surface area contributed by atoms with Gasteiger partial charge in [0.1, 0.15) is 30.1 Å². The van der Waals surface area contributed by atoms with E-state index < -0.39 is 35.2 Å². The second-order valence-electron chi connectivity index (χ2n) is 11.2. The lowest BCUT2D eigenvalue weighted by molar-refractivity contribution is -0.704. The van der Waals surface area contributed by atoms with Crippen molar-refractivity contribution < 1.29 is 23.5 Å². The molecule has 9 heteroatoms. The van der Waals surface area contributed by atoms with Gasteiger partial charge in [-0.3, -0.25) is 4.90 Å². The van der Waals surface area contributed by atoms with Crippen molar-refractivity contribution in [3.63, 3.8) is 0 Å². The number of hydrogen-bond donors (Lipinski definition) is 1. The number of esters is 1. The van der Waals surface area contributed by atoms with E-state index in [0.717, 1.165) is 24.3 Å². The lowest BCUT2D eigenvalue weighted by atomic mass is 9.66. The second kappa shape index (κ2) is 10.5. The van der Waals surface area contributed by atoms with Crippen LogP contribution < -0.4 is 10.6 Å². The molecule has 2 heterocycles. The average molecular weight is 538 g/mol. The Morgan fingerprint density at radius 3 is 2.58 bits per heavy atom. The summed E-state index contributed by atoms with van der Waals surface area (Å²) >= 11 is 5.66. The summed E-state index contributed by atoms with van der Waals surface area (Å²) in [7, 11) is 2.03. The van der Waals surface area contributed by atoms with Gasteiger partial charge < -0.3 is 15.2 Å². The zero-order valence-electron chi connectivity index (χ0n) is 22.7. The SMILES string of the molecule is C[C@@H](C(=O)OC1CCCCC1(C(N)=S)C1=C[N+]2(C)C=CN=C2C=C1)N(C(=O)OC(C)(C)C)c1ccccc1. The van der Waals surface area contributed by atoms with Crippen LogP contribution in [0.2, 0.25) is 0 Å². The third-order valence-corrected chi connectivity index (χ3v) is 7.66. The molecule has 3 unspecified atom stereocenters. The van der Waals surface area contributed by atoms with Gasteiger partial charge in [0.2, 0.25) is 5.84 Å². The molecule has 38 heavy (non-hydrogen) atoms. The molecular formula is C29H37N4O4S+. The van der Waals surface area contributed by atoms with Crippen LogP contribution in [-0.4, -0.2) is 52.2 Å². The van der Waals surface area contributed by atoms with E-state index in [2.05, 4.69) is 11.2 Å². The molecule has 0 aromatic heterocycles. The highest BCUT2D eigenvalue weighted by atomic mass is 32.1. The molecule has 4 atom stereocenters. The van der Waals surface area contributed by atoms with Gasteiger partial charge in [0, 0.05) is 17.3 Å². The molecule has 3 aliphatic rings. The van der Waals surface area contributed by atoms with Gasteiger partial charge in [0.05, 0.1) is 23.7 Å². The van der Waals surface area contributed by atoms with E-state index in [-0.39, 0.29) is 0 Å². The standard InChI is InChI=1S/C29H36N4O4S/c1-20(32(22-11-7-6-8-12-22)27(35)37-28(2,3)4)25(34)36-23-13-9-10-16-29(23,26(30)38)21-14-15-24-31-17-18-33(24,5)19-21/h6-8,11-12,14-15,17-20,23H,9-10,13,16H2,1-5H3,(H-,30,38)/p+1/t20-,23?,29?,33?/m0/s1. The summed E-state index contributed by atoms with van der Waals surface area (Å²) < 4.78 is 12.3. The molecule has 0 radical (unpaired) electrons. The number of para-hydroxylation sites is 1. The highest BCUT2D eigenvalue weighted by Gasteiger charge is 2.51. The number of carbonyl (C=O) groups is 2. The monoisotopic (exact) mass is 537 g/mol. The van der Waals surface area contributed by atoms with Crippen LogP contribution in [0.1, 0.15) is 53.4 Å². The molecule has 0 bridgehead atoms. The van der Waals surface area contributed by atoms with Crippen molar-refractivity contribution in [3.05, 3.63) is 66.7 Å². The van der Waals surface area contributed by atoms with Crippen molar-refractivity contribution >= 4 is 40.8 Å². The number of anilines is 1. The van der Waals surface area contributed by atoms with Crippen LogP contribution in [-0.2, 0) is 14.3 Å². The number of thiocarbonyl (C=S) groups is 1. The number of fused-ring (bicyclic) bond motifs is 1. The molecular weight excluding hydrogens is 500 g/mol. The average Bonchev–Trinajstić information content (AvgIpc) is 3.24. The first-order valence-electron chi connectivity index (χ1n) is 13.0. The van der Waals surface area contributed by atoms with Gasteiger partial charge in [-0.25, -0.2) is 14.1 Å².